The molecule has 1 aliphatic rings. The fourth-order valence-corrected chi connectivity index (χ4v) is 3.62. The molecule has 2 unspecified atom stereocenters. The van der Waals surface area contributed by atoms with Crippen molar-refractivity contribution in [3.63, 3.8) is 0 Å². The Labute approximate surface area is 70.3 Å². The molecule has 1 aliphatic heterocycles. The van der Waals surface area contributed by atoms with Gasteiger partial charge in [0.2, 0.25) is 0 Å². The van der Waals surface area contributed by atoms with Gasteiger partial charge in [0, 0.05) is 10.3 Å². The van der Waals surface area contributed by atoms with Gasteiger partial charge in [0.1, 0.15) is 0 Å². The molecule has 0 saturated carbocycles. The Morgan fingerprint density at radius 2 is 2.50 bits per heavy atom. The molecular formula is C7H12OS2. The molecule has 1 fully saturated rings. The van der Waals surface area contributed by atoms with Gasteiger partial charge in [-0.1, -0.05) is 6.08 Å². The number of rotatable bonds is 2. The van der Waals surface area contributed by atoms with Crippen molar-refractivity contribution >= 4 is 23.5 Å². The van der Waals surface area contributed by atoms with Gasteiger partial charge in [-0.2, -0.15) is 11.8 Å². The van der Waals surface area contributed by atoms with Crippen LogP contribution in [0.25, 0.3) is 0 Å². The molecule has 1 N–H and O–H groups in total. The molecule has 0 amide bonds. The number of aliphatic hydroxyl groups is 1. The summed E-state index contributed by atoms with van der Waals surface area (Å²) in [6.45, 7) is 3.57. The van der Waals surface area contributed by atoms with E-state index in [-0.39, 0.29) is 6.10 Å². The largest absolute Gasteiger partial charge is 0.388 e. The Hall–Kier alpha value is 0.400. The molecule has 58 valence electrons. The first-order valence-electron chi connectivity index (χ1n) is 3.34. The zero-order valence-corrected chi connectivity index (χ0v) is 7.46. The van der Waals surface area contributed by atoms with Crippen molar-refractivity contribution in [3.8, 4) is 0 Å². The summed E-state index contributed by atoms with van der Waals surface area (Å²) < 4.78 is 0. The van der Waals surface area contributed by atoms with Crippen molar-refractivity contribution in [1.82, 2.24) is 0 Å². The van der Waals surface area contributed by atoms with E-state index >= 15 is 0 Å². The summed E-state index contributed by atoms with van der Waals surface area (Å²) in [5.41, 5.74) is 0. The third-order valence-corrected chi connectivity index (χ3v) is 4.21. The molecule has 0 radical (unpaired) electrons. The van der Waals surface area contributed by atoms with Crippen LogP contribution < -0.4 is 0 Å². The van der Waals surface area contributed by atoms with E-state index in [0.29, 0.717) is 5.25 Å². The topological polar surface area (TPSA) is 20.2 Å². The Morgan fingerprint density at radius 3 is 3.00 bits per heavy atom. The predicted molar refractivity (Wildman–Crippen MR) is 49.5 cm³/mol. The lowest BCUT2D eigenvalue weighted by atomic mass is 10.2. The van der Waals surface area contributed by atoms with Crippen molar-refractivity contribution in [2.24, 2.45) is 0 Å². The Bertz CT molecular complexity index is 110. The van der Waals surface area contributed by atoms with Gasteiger partial charge in [-0.05, 0) is 12.2 Å². The first kappa shape index (κ1) is 8.50. The highest BCUT2D eigenvalue weighted by Gasteiger charge is 2.19. The van der Waals surface area contributed by atoms with Crippen LogP contribution in [0.3, 0.4) is 0 Å². The van der Waals surface area contributed by atoms with E-state index in [9.17, 15) is 5.11 Å². The van der Waals surface area contributed by atoms with Crippen LogP contribution in [0, 0.1) is 0 Å². The minimum atomic E-state index is -0.300. The quantitative estimate of drug-likeness (QED) is 0.647. The van der Waals surface area contributed by atoms with Gasteiger partial charge in [0.15, 0.2) is 0 Å². The minimum Gasteiger partial charge on any atom is -0.388 e. The molecular weight excluding hydrogens is 164 g/mol. The molecule has 3 heteroatoms. The summed E-state index contributed by atoms with van der Waals surface area (Å²) in [4.78, 5) is 0. The van der Waals surface area contributed by atoms with Gasteiger partial charge in [0.05, 0.1) is 6.10 Å². The molecule has 2 atom stereocenters. The zero-order valence-electron chi connectivity index (χ0n) is 5.82. The number of hydrogen-bond donors (Lipinski definition) is 1. The van der Waals surface area contributed by atoms with Crippen LogP contribution in [0.4, 0.5) is 0 Å². The first-order valence-corrected chi connectivity index (χ1v) is 5.55. The van der Waals surface area contributed by atoms with Gasteiger partial charge in [-0.3, -0.25) is 0 Å². The van der Waals surface area contributed by atoms with Gasteiger partial charge >= 0.3 is 0 Å². The highest BCUT2D eigenvalue weighted by molar-refractivity contribution is 8.16. The molecule has 0 spiro atoms. The predicted octanol–water partition coefficient (Wildman–Crippen LogP) is 1.73. The maximum atomic E-state index is 9.33. The normalized spacial score (nSPS) is 29.5. The van der Waals surface area contributed by atoms with Crippen LogP contribution in [0.2, 0.25) is 0 Å². The Kier molecular flexibility index (Phi) is 3.66. The molecule has 1 rings (SSSR count). The van der Waals surface area contributed by atoms with Crippen molar-refractivity contribution < 1.29 is 5.11 Å². The summed E-state index contributed by atoms with van der Waals surface area (Å²) in [6, 6.07) is 0. The molecule has 0 aliphatic carbocycles. The van der Waals surface area contributed by atoms with Crippen LogP contribution in [-0.2, 0) is 0 Å². The molecule has 1 heterocycles. The standard InChI is InChI=1S/C7H12OS2/c1-2-6(8)7-3-4-9-5-10-7/h2,6-8H,1,3-5H2. The second-order valence-electron chi connectivity index (χ2n) is 2.25. The van der Waals surface area contributed by atoms with Crippen LogP contribution >= 0.6 is 23.5 Å². The second kappa shape index (κ2) is 4.31. The lowest BCUT2D eigenvalue weighted by Gasteiger charge is -2.23. The van der Waals surface area contributed by atoms with Crippen molar-refractivity contribution in [2.45, 2.75) is 17.8 Å². The Balaban J connectivity index is 2.30. The van der Waals surface area contributed by atoms with E-state index in [2.05, 4.69) is 6.58 Å². The molecule has 1 saturated heterocycles. The molecule has 0 aromatic rings. The second-order valence-corrected chi connectivity index (χ2v) is 4.94. The highest BCUT2D eigenvalue weighted by Crippen LogP contribution is 2.30. The maximum Gasteiger partial charge on any atom is 0.0837 e. The SMILES string of the molecule is C=CC(O)C1CCSCS1. The van der Waals surface area contributed by atoms with Gasteiger partial charge < -0.3 is 5.11 Å². The monoisotopic (exact) mass is 176 g/mol. The van der Waals surface area contributed by atoms with E-state index in [1.165, 1.54) is 5.75 Å². The van der Waals surface area contributed by atoms with Crippen molar-refractivity contribution in [1.29, 1.82) is 0 Å². The average Bonchev–Trinajstić information content (AvgIpc) is 2.05. The highest BCUT2D eigenvalue weighted by atomic mass is 32.2. The summed E-state index contributed by atoms with van der Waals surface area (Å²) in [5.74, 6) is 1.18. The average molecular weight is 176 g/mol. The Morgan fingerprint density at radius 1 is 1.70 bits per heavy atom. The van der Waals surface area contributed by atoms with Crippen LogP contribution in [0.1, 0.15) is 6.42 Å². The fraction of sp³-hybridized carbons (Fsp3) is 0.714. The number of aliphatic hydroxyl groups excluding tert-OH is 1. The minimum absolute atomic E-state index is 0.300. The molecule has 0 aromatic heterocycles. The summed E-state index contributed by atoms with van der Waals surface area (Å²) in [7, 11) is 0. The lowest BCUT2D eigenvalue weighted by Crippen LogP contribution is -2.23. The van der Waals surface area contributed by atoms with Crippen LogP contribution in [0.15, 0.2) is 12.7 Å². The van der Waals surface area contributed by atoms with E-state index in [0.717, 1.165) is 11.5 Å². The van der Waals surface area contributed by atoms with E-state index < -0.39 is 0 Å². The first-order chi connectivity index (χ1) is 4.84. The van der Waals surface area contributed by atoms with Crippen molar-refractivity contribution in [2.75, 3.05) is 10.8 Å². The zero-order chi connectivity index (χ0) is 7.40. The molecule has 0 aromatic carbocycles. The summed E-state index contributed by atoms with van der Waals surface area (Å²) >= 11 is 3.78. The third-order valence-electron chi connectivity index (χ3n) is 1.53. The molecule has 10 heavy (non-hydrogen) atoms. The van der Waals surface area contributed by atoms with Crippen LogP contribution in [-0.4, -0.2) is 27.3 Å². The van der Waals surface area contributed by atoms with E-state index in [4.69, 9.17) is 0 Å². The number of hydrogen-bond acceptors (Lipinski definition) is 3. The fourth-order valence-electron chi connectivity index (χ4n) is 0.898. The van der Waals surface area contributed by atoms with Crippen molar-refractivity contribution in [3.05, 3.63) is 12.7 Å². The third kappa shape index (κ3) is 2.22. The summed E-state index contributed by atoms with van der Waals surface area (Å²) in [5, 5.41) is 10.9. The maximum absolute atomic E-state index is 9.33. The lowest BCUT2D eigenvalue weighted by molar-refractivity contribution is 0.218. The molecule has 0 bridgehead atoms. The van der Waals surface area contributed by atoms with Crippen LogP contribution in [0.5, 0.6) is 0 Å². The number of thioether (sulfide) groups is 2. The molecule has 1 nitrogen and oxygen atoms in total. The smallest absolute Gasteiger partial charge is 0.0837 e. The van der Waals surface area contributed by atoms with E-state index in [1.807, 2.05) is 23.5 Å². The summed E-state index contributed by atoms with van der Waals surface area (Å²) in [6.07, 6.45) is 2.45. The van der Waals surface area contributed by atoms with Gasteiger partial charge in [-0.15, -0.1) is 18.3 Å². The van der Waals surface area contributed by atoms with E-state index in [1.54, 1.807) is 6.08 Å². The van der Waals surface area contributed by atoms with Gasteiger partial charge in [-0.25, -0.2) is 0 Å². The van der Waals surface area contributed by atoms with Gasteiger partial charge in [0.25, 0.3) is 0 Å².